The number of nitrogens with zero attached hydrogens (tertiary/aromatic N) is 3. The van der Waals surface area contributed by atoms with Gasteiger partial charge in [-0.05, 0) is 18.6 Å². The van der Waals surface area contributed by atoms with Gasteiger partial charge in [-0.3, -0.25) is 4.79 Å². The molecule has 0 saturated heterocycles. The van der Waals surface area contributed by atoms with Gasteiger partial charge in [0.2, 0.25) is 0 Å². The molecule has 0 aliphatic rings. The summed E-state index contributed by atoms with van der Waals surface area (Å²) >= 11 is 0. The van der Waals surface area contributed by atoms with Gasteiger partial charge in [-0.2, -0.15) is 4.68 Å². The van der Waals surface area contributed by atoms with Crippen LogP contribution in [-0.2, 0) is 0 Å². The van der Waals surface area contributed by atoms with Gasteiger partial charge in [-0.15, -0.1) is 5.10 Å². The molecule has 2 rings (SSSR count). The lowest BCUT2D eigenvalue weighted by atomic mass is 10.0. The summed E-state index contributed by atoms with van der Waals surface area (Å²) in [7, 11) is 0. The summed E-state index contributed by atoms with van der Waals surface area (Å²) in [6.07, 6.45) is 14.3. The molecule has 2 aromatic rings. The standard InChI is InChI=1S/C22H35N3O2/c1-2-3-4-5-6-7-8-9-10-11-12-15-19(26)18-22(27)25-21-17-14-13-16-20(21)23-24-25/h13-14,16-17,19,26H,2-12,15,18H2,1H3. The number of benzene rings is 1. The highest BCUT2D eigenvalue weighted by Crippen LogP contribution is 2.15. The summed E-state index contributed by atoms with van der Waals surface area (Å²) in [6, 6.07) is 7.38. The van der Waals surface area contributed by atoms with E-state index < -0.39 is 6.10 Å². The number of fused-ring (bicyclic) bond motifs is 1. The molecule has 0 aliphatic carbocycles. The average Bonchev–Trinajstić information content (AvgIpc) is 3.10. The molecule has 1 unspecified atom stereocenters. The zero-order chi connectivity index (χ0) is 19.3. The van der Waals surface area contributed by atoms with Crippen LogP contribution in [0.2, 0.25) is 0 Å². The SMILES string of the molecule is CCCCCCCCCCCCCC(O)CC(=O)n1nnc2ccccc21. The molecule has 0 bridgehead atoms. The Bertz CT molecular complexity index is 668. The third-order valence-electron chi connectivity index (χ3n) is 5.14. The van der Waals surface area contributed by atoms with E-state index in [1.54, 1.807) is 0 Å². The topological polar surface area (TPSA) is 68.0 Å². The van der Waals surface area contributed by atoms with Gasteiger partial charge < -0.3 is 5.11 Å². The van der Waals surface area contributed by atoms with Gasteiger partial charge in [0, 0.05) is 0 Å². The first kappa shape index (κ1) is 21.5. The van der Waals surface area contributed by atoms with Crippen LogP contribution in [-0.4, -0.2) is 32.1 Å². The molecule has 1 atom stereocenters. The third-order valence-corrected chi connectivity index (χ3v) is 5.14. The third kappa shape index (κ3) is 7.79. The first-order chi connectivity index (χ1) is 13.2. The lowest BCUT2D eigenvalue weighted by Crippen LogP contribution is -2.20. The van der Waals surface area contributed by atoms with Gasteiger partial charge in [0.05, 0.1) is 18.0 Å². The van der Waals surface area contributed by atoms with E-state index in [1.165, 1.54) is 62.5 Å². The van der Waals surface area contributed by atoms with E-state index in [-0.39, 0.29) is 12.3 Å². The molecule has 0 aliphatic heterocycles. The van der Waals surface area contributed by atoms with Crippen LogP contribution >= 0.6 is 0 Å². The smallest absolute Gasteiger partial charge is 0.251 e. The van der Waals surface area contributed by atoms with Gasteiger partial charge in [-0.1, -0.05) is 94.9 Å². The van der Waals surface area contributed by atoms with Gasteiger partial charge in [-0.25, -0.2) is 0 Å². The quantitative estimate of drug-likeness (QED) is 0.442. The maximum Gasteiger partial charge on any atom is 0.251 e. The molecule has 0 amide bonds. The monoisotopic (exact) mass is 373 g/mol. The van der Waals surface area contributed by atoms with E-state index in [9.17, 15) is 9.90 Å². The summed E-state index contributed by atoms with van der Waals surface area (Å²) in [5.74, 6) is -0.195. The van der Waals surface area contributed by atoms with Crippen molar-refractivity contribution in [1.82, 2.24) is 15.0 Å². The van der Waals surface area contributed by atoms with Crippen molar-refractivity contribution in [1.29, 1.82) is 0 Å². The van der Waals surface area contributed by atoms with Gasteiger partial charge in [0.15, 0.2) is 0 Å². The Morgan fingerprint density at radius 1 is 0.963 bits per heavy atom. The highest BCUT2D eigenvalue weighted by molar-refractivity contribution is 5.88. The van der Waals surface area contributed by atoms with Crippen LogP contribution < -0.4 is 0 Å². The van der Waals surface area contributed by atoms with Crippen molar-refractivity contribution < 1.29 is 9.90 Å². The van der Waals surface area contributed by atoms with Crippen LogP contribution in [0.25, 0.3) is 11.0 Å². The lowest BCUT2D eigenvalue weighted by molar-refractivity contribution is 0.0771. The summed E-state index contributed by atoms with van der Waals surface area (Å²) in [4.78, 5) is 12.3. The Morgan fingerprint density at radius 3 is 2.22 bits per heavy atom. The first-order valence-electron chi connectivity index (χ1n) is 10.7. The molecule has 1 N–H and O–H groups in total. The molecule has 1 aromatic heterocycles. The Balaban J connectivity index is 1.52. The Labute approximate surface area is 163 Å². The highest BCUT2D eigenvalue weighted by Gasteiger charge is 2.16. The molecule has 150 valence electrons. The van der Waals surface area contributed by atoms with Crippen molar-refractivity contribution in [3.63, 3.8) is 0 Å². The van der Waals surface area contributed by atoms with Crippen molar-refractivity contribution in [2.75, 3.05) is 0 Å². The predicted molar refractivity (Wildman–Crippen MR) is 110 cm³/mol. The largest absolute Gasteiger partial charge is 0.393 e. The van der Waals surface area contributed by atoms with E-state index >= 15 is 0 Å². The van der Waals surface area contributed by atoms with Crippen LogP contribution in [0.5, 0.6) is 0 Å². The summed E-state index contributed by atoms with van der Waals surface area (Å²) < 4.78 is 1.30. The molecule has 0 spiro atoms. The minimum Gasteiger partial charge on any atom is -0.393 e. The molecule has 27 heavy (non-hydrogen) atoms. The first-order valence-corrected chi connectivity index (χ1v) is 10.7. The molecule has 5 heteroatoms. The van der Waals surface area contributed by atoms with E-state index in [0.29, 0.717) is 17.5 Å². The van der Waals surface area contributed by atoms with Crippen LogP contribution in [0.3, 0.4) is 0 Å². The second kappa shape index (κ2) is 12.6. The maximum atomic E-state index is 12.3. The van der Waals surface area contributed by atoms with Crippen LogP contribution in [0.1, 0.15) is 95.2 Å². The van der Waals surface area contributed by atoms with Crippen LogP contribution in [0, 0.1) is 0 Å². The molecular formula is C22H35N3O2. The molecule has 0 saturated carbocycles. The number of aliphatic hydroxyl groups excluding tert-OH is 1. The number of carbonyl (C=O) groups excluding carboxylic acids is 1. The number of aromatic nitrogens is 3. The summed E-state index contributed by atoms with van der Waals surface area (Å²) in [5, 5.41) is 18.1. The normalized spacial score (nSPS) is 12.5. The van der Waals surface area contributed by atoms with E-state index in [2.05, 4.69) is 17.2 Å². The fraction of sp³-hybridized carbons (Fsp3) is 0.682. The van der Waals surface area contributed by atoms with Crippen molar-refractivity contribution in [3.05, 3.63) is 24.3 Å². The Morgan fingerprint density at radius 2 is 1.56 bits per heavy atom. The molecule has 1 heterocycles. The number of hydrogen-bond donors (Lipinski definition) is 1. The highest BCUT2D eigenvalue weighted by atomic mass is 16.3. The second-order valence-electron chi connectivity index (χ2n) is 7.57. The zero-order valence-electron chi connectivity index (χ0n) is 16.8. The molecular weight excluding hydrogens is 338 g/mol. The number of rotatable bonds is 14. The van der Waals surface area contributed by atoms with Crippen LogP contribution in [0.4, 0.5) is 0 Å². The van der Waals surface area contributed by atoms with Crippen molar-refractivity contribution >= 4 is 16.9 Å². The minimum absolute atomic E-state index is 0.102. The van der Waals surface area contributed by atoms with Crippen LogP contribution in [0.15, 0.2) is 24.3 Å². The van der Waals surface area contributed by atoms with Crippen molar-refractivity contribution in [2.24, 2.45) is 0 Å². The van der Waals surface area contributed by atoms with E-state index in [4.69, 9.17) is 0 Å². The van der Waals surface area contributed by atoms with E-state index in [0.717, 1.165) is 12.8 Å². The minimum atomic E-state index is -0.598. The number of hydrogen-bond acceptors (Lipinski definition) is 4. The predicted octanol–water partition coefficient (Wildman–Crippen LogP) is 5.52. The average molecular weight is 374 g/mol. The summed E-state index contributed by atoms with van der Waals surface area (Å²) in [6.45, 7) is 2.25. The molecule has 0 radical (unpaired) electrons. The number of carbonyl (C=O) groups is 1. The molecule has 1 aromatic carbocycles. The molecule has 5 nitrogen and oxygen atoms in total. The second-order valence-corrected chi connectivity index (χ2v) is 7.57. The number of aliphatic hydroxyl groups is 1. The van der Waals surface area contributed by atoms with E-state index in [1.807, 2.05) is 24.3 Å². The number of para-hydroxylation sites is 1. The lowest BCUT2D eigenvalue weighted by Gasteiger charge is -2.09. The fourth-order valence-corrected chi connectivity index (χ4v) is 3.49. The fourth-order valence-electron chi connectivity index (χ4n) is 3.49. The molecule has 0 fully saturated rings. The maximum absolute atomic E-state index is 12.3. The zero-order valence-corrected chi connectivity index (χ0v) is 16.8. The van der Waals surface area contributed by atoms with Crippen molar-refractivity contribution in [3.8, 4) is 0 Å². The van der Waals surface area contributed by atoms with Gasteiger partial charge in [0.25, 0.3) is 5.91 Å². The summed E-state index contributed by atoms with van der Waals surface area (Å²) in [5.41, 5.74) is 1.40. The van der Waals surface area contributed by atoms with Crippen molar-refractivity contribution in [2.45, 2.75) is 96.5 Å². The Kier molecular flexibility index (Phi) is 10.1. The van der Waals surface area contributed by atoms with Gasteiger partial charge >= 0.3 is 0 Å². The Hall–Kier alpha value is -1.75. The van der Waals surface area contributed by atoms with Gasteiger partial charge in [0.1, 0.15) is 5.52 Å². The number of unbranched alkanes of at least 4 members (excludes halogenated alkanes) is 10.